The Morgan fingerprint density at radius 1 is 1.17 bits per heavy atom. The number of ether oxygens (including phenoxy) is 1. The van der Waals surface area contributed by atoms with Crippen molar-refractivity contribution < 1.29 is 18.7 Å². The van der Waals surface area contributed by atoms with Gasteiger partial charge in [-0.25, -0.2) is 4.39 Å². The minimum atomic E-state index is -0.762. The zero-order valence-electron chi connectivity index (χ0n) is 13.9. The third kappa shape index (κ3) is 4.41. The molecule has 0 bridgehead atoms. The van der Waals surface area contributed by atoms with Crippen molar-refractivity contribution in [2.24, 2.45) is 0 Å². The van der Waals surface area contributed by atoms with Crippen LogP contribution in [0.4, 0.5) is 10.1 Å². The summed E-state index contributed by atoms with van der Waals surface area (Å²) in [4.78, 5) is 23.7. The highest BCUT2D eigenvalue weighted by atomic mass is 19.1. The van der Waals surface area contributed by atoms with Crippen molar-refractivity contribution in [1.82, 2.24) is 0 Å². The lowest BCUT2D eigenvalue weighted by atomic mass is 10.1. The number of aryl methyl sites for hydroxylation is 1. The van der Waals surface area contributed by atoms with Gasteiger partial charge in [-0.2, -0.15) is 0 Å². The third-order valence-corrected chi connectivity index (χ3v) is 3.62. The molecule has 0 aliphatic carbocycles. The number of ketones is 1. The highest BCUT2D eigenvalue weighted by Gasteiger charge is 2.15. The average Bonchev–Trinajstić information content (AvgIpc) is 2.58. The fourth-order valence-electron chi connectivity index (χ4n) is 2.10. The molecule has 0 spiro atoms. The number of carbonyl (C=O) groups excluding carboxylic acids is 2. The van der Waals surface area contributed by atoms with E-state index in [0.717, 1.165) is 0 Å². The lowest BCUT2D eigenvalue weighted by Crippen LogP contribution is -2.30. The number of rotatable bonds is 6. The molecule has 126 valence electrons. The van der Waals surface area contributed by atoms with E-state index < -0.39 is 6.10 Å². The first-order chi connectivity index (χ1) is 11.4. The monoisotopic (exact) mass is 329 g/mol. The molecule has 0 saturated heterocycles. The van der Waals surface area contributed by atoms with E-state index in [-0.39, 0.29) is 17.5 Å². The van der Waals surface area contributed by atoms with E-state index >= 15 is 0 Å². The molecule has 2 rings (SSSR count). The maximum Gasteiger partial charge on any atom is 0.265 e. The number of Topliss-reactive ketones (excluding diaryl/α,β-unsaturated/α-hetero) is 1. The summed E-state index contributed by atoms with van der Waals surface area (Å²) in [5, 5.41) is 2.61. The van der Waals surface area contributed by atoms with Crippen LogP contribution < -0.4 is 10.1 Å². The Balaban J connectivity index is 1.98. The predicted octanol–water partition coefficient (Wildman–Crippen LogP) is 4.13. The van der Waals surface area contributed by atoms with Crippen molar-refractivity contribution in [2.75, 3.05) is 5.32 Å². The molecule has 1 amide bonds. The van der Waals surface area contributed by atoms with Gasteiger partial charge in [0.05, 0.1) is 0 Å². The summed E-state index contributed by atoms with van der Waals surface area (Å²) in [5.41, 5.74) is 1.50. The van der Waals surface area contributed by atoms with Crippen LogP contribution in [-0.2, 0) is 4.79 Å². The maximum absolute atomic E-state index is 13.5. The number of carbonyl (C=O) groups is 2. The van der Waals surface area contributed by atoms with Crippen molar-refractivity contribution in [3.63, 3.8) is 0 Å². The number of amides is 1. The van der Waals surface area contributed by atoms with E-state index in [0.29, 0.717) is 29.0 Å². The molecule has 0 radical (unpaired) electrons. The lowest BCUT2D eigenvalue weighted by molar-refractivity contribution is -0.122. The largest absolute Gasteiger partial charge is 0.481 e. The molecule has 0 heterocycles. The second-order valence-corrected chi connectivity index (χ2v) is 5.51. The summed E-state index contributed by atoms with van der Waals surface area (Å²) in [6, 6.07) is 11.1. The van der Waals surface area contributed by atoms with Crippen molar-refractivity contribution in [1.29, 1.82) is 0 Å². The molecular formula is C19H20FNO3. The molecule has 2 aromatic carbocycles. The van der Waals surface area contributed by atoms with Crippen LogP contribution >= 0.6 is 0 Å². The van der Waals surface area contributed by atoms with E-state index in [1.807, 2.05) is 0 Å². The topological polar surface area (TPSA) is 55.4 Å². The molecule has 0 saturated carbocycles. The van der Waals surface area contributed by atoms with E-state index in [1.165, 1.54) is 6.07 Å². The molecule has 0 aliphatic heterocycles. The molecule has 1 atom stereocenters. The zero-order chi connectivity index (χ0) is 17.7. The van der Waals surface area contributed by atoms with Crippen LogP contribution in [0, 0.1) is 12.7 Å². The van der Waals surface area contributed by atoms with Gasteiger partial charge in [-0.05, 0) is 55.8 Å². The van der Waals surface area contributed by atoms with Crippen LogP contribution in [0.5, 0.6) is 5.75 Å². The van der Waals surface area contributed by atoms with Crippen LogP contribution in [0.2, 0.25) is 0 Å². The number of anilines is 1. The predicted molar refractivity (Wildman–Crippen MR) is 90.9 cm³/mol. The molecule has 1 N–H and O–H groups in total. The molecular weight excluding hydrogens is 309 g/mol. The van der Waals surface area contributed by atoms with Crippen molar-refractivity contribution in [3.05, 3.63) is 59.4 Å². The first-order valence-corrected chi connectivity index (χ1v) is 7.77. The van der Waals surface area contributed by atoms with Crippen molar-refractivity contribution in [2.45, 2.75) is 33.3 Å². The van der Waals surface area contributed by atoms with Gasteiger partial charge < -0.3 is 10.1 Å². The Kier molecular flexibility index (Phi) is 5.68. The van der Waals surface area contributed by atoms with Gasteiger partial charge in [0.1, 0.15) is 11.6 Å². The van der Waals surface area contributed by atoms with Gasteiger partial charge in [0.25, 0.3) is 5.91 Å². The second-order valence-electron chi connectivity index (χ2n) is 5.51. The van der Waals surface area contributed by atoms with Crippen LogP contribution in [0.1, 0.15) is 36.2 Å². The Labute approximate surface area is 140 Å². The van der Waals surface area contributed by atoms with Gasteiger partial charge >= 0.3 is 0 Å². The van der Waals surface area contributed by atoms with Crippen LogP contribution in [0.25, 0.3) is 0 Å². The third-order valence-electron chi connectivity index (χ3n) is 3.62. The summed E-state index contributed by atoms with van der Waals surface area (Å²) >= 11 is 0. The Hall–Kier alpha value is -2.69. The summed E-state index contributed by atoms with van der Waals surface area (Å²) in [6.45, 7) is 5.05. The standard InChI is InChI=1S/C19H20FNO3/c1-4-18(22)14-6-9-16(10-7-14)24-13(3)19(23)21-15-8-5-12(2)17(20)11-15/h5-11,13H,4H2,1-3H3,(H,21,23)/t13-/m1/s1. The zero-order valence-corrected chi connectivity index (χ0v) is 13.9. The van der Waals surface area contributed by atoms with Crippen molar-refractivity contribution >= 4 is 17.4 Å². The van der Waals surface area contributed by atoms with E-state index in [2.05, 4.69) is 5.32 Å². The van der Waals surface area contributed by atoms with Gasteiger partial charge in [-0.3, -0.25) is 9.59 Å². The molecule has 2 aromatic rings. The van der Waals surface area contributed by atoms with E-state index in [1.54, 1.807) is 57.2 Å². The number of hydrogen-bond acceptors (Lipinski definition) is 3. The van der Waals surface area contributed by atoms with E-state index in [4.69, 9.17) is 4.74 Å². The molecule has 4 nitrogen and oxygen atoms in total. The SMILES string of the molecule is CCC(=O)c1ccc(O[C@H](C)C(=O)Nc2ccc(C)c(F)c2)cc1. The van der Waals surface area contributed by atoms with Gasteiger partial charge in [0.2, 0.25) is 0 Å². The molecule has 0 unspecified atom stereocenters. The Morgan fingerprint density at radius 3 is 2.42 bits per heavy atom. The summed E-state index contributed by atoms with van der Waals surface area (Å²) in [7, 11) is 0. The highest BCUT2D eigenvalue weighted by molar-refractivity contribution is 5.96. The van der Waals surface area contributed by atoms with Gasteiger partial charge in [-0.1, -0.05) is 13.0 Å². The fraction of sp³-hybridized carbons (Fsp3) is 0.263. The quantitative estimate of drug-likeness (QED) is 0.811. The molecule has 24 heavy (non-hydrogen) atoms. The van der Waals surface area contributed by atoms with Crippen LogP contribution in [0.3, 0.4) is 0 Å². The summed E-state index contributed by atoms with van der Waals surface area (Å²) in [6.07, 6.45) is -0.325. The Morgan fingerprint density at radius 2 is 1.83 bits per heavy atom. The molecule has 0 aromatic heterocycles. The number of halogens is 1. The van der Waals surface area contributed by atoms with Gasteiger partial charge in [-0.15, -0.1) is 0 Å². The number of nitrogens with one attached hydrogen (secondary N) is 1. The fourth-order valence-corrected chi connectivity index (χ4v) is 2.10. The second kappa shape index (κ2) is 7.73. The molecule has 0 fully saturated rings. The van der Waals surface area contributed by atoms with Crippen LogP contribution in [-0.4, -0.2) is 17.8 Å². The summed E-state index contributed by atoms with van der Waals surface area (Å²) < 4.78 is 19.1. The average molecular weight is 329 g/mol. The van der Waals surface area contributed by atoms with E-state index in [9.17, 15) is 14.0 Å². The highest BCUT2D eigenvalue weighted by Crippen LogP contribution is 2.17. The minimum absolute atomic E-state index is 0.0498. The van der Waals surface area contributed by atoms with Crippen molar-refractivity contribution in [3.8, 4) is 5.75 Å². The molecule has 0 aliphatic rings. The van der Waals surface area contributed by atoms with Gasteiger partial charge in [0.15, 0.2) is 11.9 Å². The number of hydrogen-bond donors (Lipinski definition) is 1. The maximum atomic E-state index is 13.5. The smallest absolute Gasteiger partial charge is 0.265 e. The van der Waals surface area contributed by atoms with Gasteiger partial charge in [0, 0.05) is 17.7 Å². The summed E-state index contributed by atoms with van der Waals surface area (Å²) in [5.74, 6) is -0.223. The molecule has 5 heteroatoms. The first kappa shape index (κ1) is 17.7. The first-order valence-electron chi connectivity index (χ1n) is 7.77. The minimum Gasteiger partial charge on any atom is -0.481 e. The number of benzene rings is 2. The van der Waals surface area contributed by atoms with Crippen LogP contribution in [0.15, 0.2) is 42.5 Å². The lowest BCUT2D eigenvalue weighted by Gasteiger charge is -2.15. The normalized spacial score (nSPS) is 11.7. The Bertz CT molecular complexity index is 741.